The van der Waals surface area contributed by atoms with Crippen molar-refractivity contribution in [3.05, 3.63) is 0 Å². The van der Waals surface area contributed by atoms with Crippen LogP contribution in [0, 0.1) is 5.92 Å². The molecule has 0 radical (unpaired) electrons. The first kappa shape index (κ1) is 16.4. The molecule has 0 N–H and O–H groups in total. The molecule has 1 aliphatic rings. The molecule has 1 aliphatic heterocycles. The number of carbonyl (C=O) groups is 1. The molecule has 0 aliphatic carbocycles. The Kier molecular flexibility index (Phi) is 5.76. The van der Waals surface area contributed by atoms with Gasteiger partial charge in [0.2, 0.25) is 0 Å². The third-order valence-corrected chi connectivity index (χ3v) is 5.46. The monoisotopic (exact) mass is 292 g/mol. The predicted molar refractivity (Wildman–Crippen MR) is 72.7 cm³/mol. The van der Waals surface area contributed by atoms with Crippen LogP contribution in [0.1, 0.15) is 33.6 Å². The Balaban J connectivity index is 2.89. The first-order valence-corrected chi connectivity index (χ1v) is 8.02. The minimum Gasteiger partial charge on any atom is -0.468 e. The van der Waals surface area contributed by atoms with Crippen LogP contribution in [0.2, 0.25) is 0 Å². The van der Waals surface area contributed by atoms with Crippen LogP contribution in [-0.2, 0) is 19.7 Å². The minimum atomic E-state index is -3.60. The lowest BCUT2D eigenvalue weighted by Gasteiger charge is -2.35. The van der Waals surface area contributed by atoms with E-state index in [-0.39, 0.29) is 12.6 Å². The van der Waals surface area contributed by atoms with Crippen LogP contribution in [0.4, 0.5) is 0 Å². The van der Waals surface area contributed by atoms with Crippen LogP contribution in [0.25, 0.3) is 0 Å². The van der Waals surface area contributed by atoms with Crippen molar-refractivity contribution in [1.82, 2.24) is 8.61 Å². The fourth-order valence-corrected chi connectivity index (χ4v) is 4.13. The Labute approximate surface area is 115 Å². The van der Waals surface area contributed by atoms with Gasteiger partial charge in [0.05, 0.1) is 7.11 Å². The van der Waals surface area contributed by atoms with Gasteiger partial charge in [0.1, 0.15) is 6.54 Å². The van der Waals surface area contributed by atoms with E-state index >= 15 is 0 Å². The molecule has 1 rings (SSSR count). The minimum absolute atomic E-state index is 0.235. The number of piperidine rings is 1. The number of esters is 1. The molecule has 112 valence electrons. The van der Waals surface area contributed by atoms with E-state index < -0.39 is 16.2 Å². The van der Waals surface area contributed by atoms with E-state index in [2.05, 4.69) is 4.74 Å². The summed E-state index contributed by atoms with van der Waals surface area (Å²) in [5.74, 6) is -0.182. The molecule has 19 heavy (non-hydrogen) atoms. The summed E-state index contributed by atoms with van der Waals surface area (Å²) in [6.45, 7) is 6.37. The highest BCUT2D eigenvalue weighted by Crippen LogP contribution is 2.21. The van der Waals surface area contributed by atoms with E-state index in [0.29, 0.717) is 19.0 Å². The van der Waals surface area contributed by atoms with Gasteiger partial charge >= 0.3 is 5.97 Å². The van der Waals surface area contributed by atoms with Crippen molar-refractivity contribution in [2.75, 3.05) is 26.7 Å². The normalized spacial score (nSPS) is 21.9. The summed E-state index contributed by atoms with van der Waals surface area (Å²) >= 11 is 0. The maximum absolute atomic E-state index is 12.6. The summed E-state index contributed by atoms with van der Waals surface area (Å²) in [6, 6.07) is -0.277. The molecule has 0 aromatic carbocycles. The van der Waals surface area contributed by atoms with Gasteiger partial charge in [-0.15, -0.1) is 0 Å². The van der Waals surface area contributed by atoms with E-state index in [9.17, 15) is 13.2 Å². The Morgan fingerprint density at radius 3 is 2.58 bits per heavy atom. The molecule has 0 amide bonds. The fraction of sp³-hybridized carbons (Fsp3) is 0.917. The van der Waals surface area contributed by atoms with Crippen molar-refractivity contribution in [2.45, 2.75) is 39.7 Å². The zero-order valence-electron chi connectivity index (χ0n) is 12.1. The van der Waals surface area contributed by atoms with Gasteiger partial charge in [0.25, 0.3) is 10.2 Å². The third kappa shape index (κ3) is 4.15. The van der Waals surface area contributed by atoms with Gasteiger partial charge in [-0.2, -0.15) is 17.0 Å². The maximum atomic E-state index is 12.6. The average molecular weight is 292 g/mol. The molecule has 0 unspecified atom stereocenters. The summed E-state index contributed by atoms with van der Waals surface area (Å²) in [5.41, 5.74) is 0. The number of ether oxygens (including phenoxy) is 1. The van der Waals surface area contributed by atoms with E-state index in [1.807, 2.05) is 6.92 Å². The molecule has 6 nitrogen and oxygen atoms in total. The SMILES string of the molecule is COC(=O)CN(C(C)C)S(=O)(=O)N1CCC[C@@H](C)C1. The number of nitrogens with zero attached hydrogens (tertiary/aromatic N) is 2. The Hall–Kier alpha value is -0.660. The van der Waals surface area contributed by atoms with Crippen molar-refractivity contribution in [1.29, 1.82) is 0 Å². The van der Waals surface area contributed by atoms with Gasteiger partial charge < -0.3 is 4.74 Å². The van der Waals surface area contributed by atoms with E-state index in [1.54, 1.807) is 13.8 Å². The molecule has 7 heteroatoms. The quantitative estimate of drug-likeness (QED) is 0.705. The molecule has 0 spiro atoms. The summed E-state index contributed by atoms with van der Waals surface area (Å²) < 4.78 is 32.4. The largest absolute Gasteiger partial charge is 0.468 e. The molecule has 1 fully saturated rings. The summed E-state index contributed by atoms with van der Waals surface area (Å²) in [6.07, 6.45) is 1.91. The Morgan fingerprint density at radius 1 is 1.47 bits per heavy atom. The molecule has 1 heterocycles. The Morgan fingerprint density at radius 2 is 2.11 bits per heavy atom. The van der Waals surface area contributed by atoms with Crippen LogP contribution in [0.5, 0.6) is 0 Å². The molecular weight excluding hydrogens is 268 g/mol. The fourth-order valence-electron chi connectivity index (χ4n) is 2.23. The molecule has 0 bridgehead atoms. The maximum Gasteiger partial charge on any atom is 0.321 e. The standard InChI is InChI=1S/C12H24N2O4S/c1-10(2)14(9-12(15)18-4)19(16,17)13-7-5-6-11(3)8-13/h10-11H,5-9H2,1-4H3/t11-/m1/s1. The number of hydrogen-bond donors (Lipinski definition) is 0. The summed E-state index contributed by atoms with van der Waals surface area (Å²) in [4.78, 5) is 11.4. The number of carbonyl (C=O) groups excluding carboxylic acids is 1. The van der Waals surface area contributed by atoms with Crippen LogP contribution < -0.4 is 0 Å². The van der Waals surface area contributed by atoms with Gasteiger partial charge in [0, 0.05) is 19.1 Å². The zero-order valence-corrected chi connectivity index (χ0v) is 12.9. The summed E-state index contributed by atoms with van der Waals surface area (Å²) in [5, 5.41) is 0. The zero-order chi connectivity index (χ0) is 14.6. The lowest BCUT2D eigenvalue weighted by atomic mass is 10.0. The lowest BCUT2D eigenvalue weighted by molar-refractivity contribution is -0.141. The second kappa shape index (κ2) is 6.67. The van der Waals surface area contributed by atoms with E-state index in [0.717, 1.165) is 12.8 Å². The molecular formula is C12H24N2O4S. The molecule has 0 aromatic heterocycles. The van der Waals surface area contributed by atoms with E-state index in [1.165, 1.54) is 15.7 Å². The number of methoxy groups -OCH3 is 1. The van der Waals surface area contributed by atoms with Gasteiger partial charge in [-0.05, 0) is 32.6 Å². The molecule has 1 saturated heterocycles. The van der Waals surface area contributed by atoms with Crippen molar-refractivity contribution in [3.63, 3.8) is 0 Å². The van der Waals surface area contributed by atoms with Crippen molar-refractivity contribution < 1.29 is 17.9 Å². The van der Waals surface area contributed by atoms with Gasteiger partial charge in [0.15, 0.2) is 0 Å². The lowest BCUT2D eigenvalue weighted by Crippen LogP contribution is -2.51. The van der Waals surface area contributed by atoms with Crippen LogP contribution in [0.3, 0.4) is 0 Å². The highest BCUT2D eigenvalue weighted by molar-refractivity contribution is 7.86. The van der Waals surface area contributed by atoms with Crippen LogP contribution >= 0.6 is 0 Å². The number of hydrogen-bond acceptors (Lipinski definition) is 4. The van der Waals surface area contributed by atoms with Gasteiger partial charge in [-0.1, -0.05) is 6.92 Å². The topological polar surface area (TPSA) is 66.9 Å². The number of rotatable bonds is 5. The van der Waals surface area contributed by atoms with Gasteiger partial charge in [-0.3, -0.25) is 4.79 Å². The molecule has 0 saturated carbocycles. The smallest absolute Gasteiger partial charge is 0.321 e. The second-order valence-electron chi connectivity index (χ2n) is 5.33. The molecule has 0 aromatic rings. The highest BCUT2D eigenvalue weighted by atomic mass is 32.2. The average Bonchev–Trinajstić information content (AvgIpc) is 2.34. The highest BCUT2D eigenvalue weighted by Gasteiger charge is 2.35. The Bertz CT molecular complexity index is 408. The summed E-state index contributed by atoms with van der Waals surface area (Å²) in [7, 11) is -2.34. The third-order valence-electron chi connectivity index (χ3n) is 3.33. The van der Waals surface area contributed by atoms with Crippen LogP contribution in [0.15, 0.2) is 0 Å². The van der Waals surface area contributed by atoms with Gasteiger partial charge in [-0.25, -0.2) is 0 Å². The first-order chi connectivity index (χ1) is 8.78. The second-order valence-corrected chi connectivity index (χ2v) is 7.21. The molecule has 1 atom stereocenters. The van der Waals surface area contributed by atoms with E-state index in [4.69, 9.17) is 0 Å². The predicted octanol–water partition coefficient (Wildman–Crippen LogP) is 0.846. The first-order valence-electron chi connectivity index (χ1n) is 6.62. The van der Waals surface area contributed by atoms with Crippen molar-refractivity contribution >= 4 is 16.2 Å². The van der Waals surface area contributed by atoms with Crippen LogP contribution in [-0.4, -0.2) is 55.8 Å². The van der Waals surface area contributed by atoms with Crippen molar-refractivity contribution in [3.8, 4) is 0 Å². The van der Waals surface area contributed by atoms with Crippen molar-refractivity contribution in [2.24, 2.45) is 5.92 Å².